The average Bonchev–Trinajstić information content (AvgIpc) is 2.45. The summed E-state index contributed by atoms with van der Waals surface area (Å²) in [7, 11) is 0. The van der Waals surface area contributed by atoms with Crippen LogP contribution in [0.2, 0.25) is 0 Å². The maximum atomic E-state index is 10.3. The van der Waals surface area contributed by atoms with Gasteiger partial charge < -0.3 is 14.6 Å². The Morgan fingerprint density at radius 3 is 2.14 bits per heavy atom. The minimum atomic E-state index is -0.351. The van der Waals surface area contributed by atoms with Crippen LogP contribution in [0.3, 0.4) is 0 Å². The van der Waals surface area contributed by atoms with Gasteiger partial charge in [0.2, 0.25) is 0 Å². The van der Waals surface area contributed by atoms with Crippen LogP contribution >= 0.6 is 12.4 Å². The highest BCUT2D eigenvalue weighted by molar-refractivity contribution is 5.85. The molecule has 4 nitrogen and oxygen atoms in total. The third-order valence-electron chi connectivity index (χ3n) is 6.14. The molecule has 5 fully saturated rings. The largest absolute Gasteiger partial charge is 0.389 e. The van der Waals surface area contributed by atoms with Crippen molar-refractivity contribution in [3.63, 3.8) is 0 Å². The molecule has 1 unspecified atom stereocenters. The van der Waals surface area contributed by atoms with Gasteiger partial charge in [-0.05, 0) is 56.3 Å². The third kappa shape index (κ3) is 3.62. The van der Waals surface area contributed by atoms with Crippen molar-refractivity contribution in [2.45, 2.75) is 50.2 Å². The quantitative estimate of drug-likeness (QED) is 0.837. The minimum Gasteiger partial charge on any atom is -0.389 e. The second kappa shape index (κ2) is 6.94. The zero-order valence-electron chi connectivity index (χ0n) is 13.4. The fourth-order valence-corrected chi connectivity index (χ4v) is 5.62. The maximum Gasteiger partial charge on any atom is 0.0900 e. The fraction of sp³-hybridized carbons (Fsp3) is 1.00. The van der Waals surface area contributed by atoms with Crippen molar-refractivity contribution >= 4 is 12.4 Å². The van der Waals surface area contributed by atoms with Gasteiger partial charge in [0.1, 0.15) is 0 Å². The molecule has 5 rings (SSSR count). The third-order valence-corrected chi connectivity index (χ3v) is 6.14. The number of hydrogen-bond acceptors (Lipinski definition) is 4. The number of ether oxygens (including phenoxy) is 2. The minimum absolute atomic E-state index is 0. The van der Waals surface area contributed by atoms with Crippen LogP contribution in [0.25, 0.3) is 0 Å². The number of morpholine rings is 1. The summed E-state index contributed by atoms with van der Waals surface area (Å²) in [5.41, 5.74) is 0.126. The molecule has 1 atom stereocenters. The topological polar surface area (TPSA) is 41.9 Å². The first-order valence-corrected chi connectivity index (χ1v) is 8.83. The number of rotatable bonds is 5. The van der Waals surface area contributed by atoms with E-state index in [1.165, 1.54) is 38.5 Å². The number of hydrogen-bond donors (Lipinski definition) is 1. The molecule has 22 heavy (non-hydrogen) atoms. The van der Waals surface area contributed by atoms with Crippen LogP contribution in [0.1, 0.15) is 38.5 Å². The van der Waals surface area contributed by atoms with Gasteiger partial charge in [-0.2, -0.15) is 0 Å². The molecule has 0 amide bonds. The van der Waals surface area contributed by atoms with E-state index in [9.17, 15) is 5.11 Å². The van der Waals surface area contributed by atoms with Gasteiger partial charge in [-0.1, -0.05) is 0 Å². The molecular weight excluding hydrogens is 302 g/mol. The molecule has 4 bridgehead atoms. The number of nitrogens with zero attached hydrogens (tertiary/aromatic N) is 1. The van der Waals surface area contributed by atoms with Crippen molar-refractivity contribution in [3.05, 3.63) is 0 Å². The van der Waals surface area contributed by atoms with Gasteiger partial charge in [-0.15, -0.1) is 12.4 Å². The number of aliphatic hydroxyl groups is 1. The van der Waals surface area contributed by atoms with E-state index in [1.807, 2.05) is 0 Å². The van der Waals surface area contributed by atoms with Gasteiger partial charge >= 0.3 is 0 Å². The molecule has 0 aromatic heterocycles. The van der Waals surface area contributed by atoms with Gasteiger partial charge in [0.05, 0.1) is 31.5 Å². The lowest BCUT2D eigenvalue weighted by atomic mass is 9.54. The normalized spacial score (nSPS) is 42.1. The van der Waals surface area contributed by atoms with Gasteiger partial charge in [0, 0.05) is 19.6 Å². The number of β-amino-alcohol motifs (C(OH)–C–C–N with tert-alkyl or cyclic N) is 1. The molecule has 1 N–H and O–H groups in total. The van der Waals surface area contributed by atoms with Crippen LogP contribution in [-0.4, -0.2) is 61.2 Å². The van der Waals surface area contributed by atoms with Gasteiger partial charge in [-0.25, -0.2) is 0 Å². The first-order valence-electron chi connectivity index (χ1n) is 8.83. The summed E-state index contributed by atoms with van der Waals surface area (Å²) in [6.07, 6.45) is 7.74. The Morgan fingerprint density at radius 2 is 1.59 bits per heavy atom. The van der Waals surface area contributed by atoms with Crippen molar-refractivity contribution in [2.24, 2.45) is 17.8 Å². The van der Waals surface area contributed by atoms with Crippen molar-refractivity contribution in [2.75, 3.05) is 39.5 Å². The predicted molar refractivity (Wildman–Crippen MR) is 87.4 cm³/mol. The van der Waals surface area contributed by atoms with Crippen LogP contribution in [0.15, 0.2) is 0 Å². The van der Waals surface area contributed by atoms with E-state index in [0.717, 1.165) is 50.6 Å². The summed E-state index contributed by atoms with van der Waals surface area (Å²) in [6, 6.07) is 0. The Hall–Kier alpha value is 0.130. The standard InChI is InChI=1S/C17H29NO3.ClH/c19-16(11-18-1-3-20-4-2-18)12-21-17-8-13-5-14(9-17)7-15(6-13)10-17;/h13-16,19H,1-12H2;1H. The molecule has 1 heterocycles. The van der Waals surface area contributed by atoms with Crippen LogP contribution in [0.5, 0.6) is 0 Å². The van der Waals surface area contributed by atoms with Crippen molar-refractivity contribution in [1.82, 2.24) is 4.90 Å². The number of aliphatic hydroxyl groups excluding tert-OH is 1. The van der Waals surface area contributed by atoms with Crippen molar-refractivity contribution in [1.29, 1.82) is 0 Å². The lowest BCUT2D eigenvalue weighted by Gasteiger charge is -2.56. The van der Waals surface area contributed by atoms with Crippen LogP contribution in [0, 0.1) is 17.8 Å². The highest BCUT2D eigenvalue weighted by Crippen LogP contribution is 2.57. The molecule has 0 aromatic rings. The second-order valence-electron chi connectivity index (χ2n) is 7.98. The van der Waals surface area contributed by atoms with Crippen LogP contribution in [-0.2, 0) is 9.47 Å². The molecule has 128 valence electrons. The molecular formula is C17H30ClNO3. The first-order chi connectivity index (χ1) is 10.2. The fourth-order valence-electron chi connectivity index (χ4n) is 5.62. The number of halogens is 1. The van der Waals surface area contributed by atoms with Crippen LogP contribution in [0.4, 0.5) is 0 Å². The molecule has 1 aliphatic heterocycles. The van der Waals surface area contributed by atoms with Crippen molar-refractivity contribution in [3.8, 4) is 0 Å². The van der Waals surface area contributed by atoms with E-state index in [1.54, 1.807) is 0 Å². The van der Waals surface area contributed by atoms with E-state index in [-0.39, 0.29) is 24.1 Å². The molecule has 0 radical (unpaired) electrons. The Balaban J connectivity index is 0.00000144. The summed E-state index contributed by atoms with van der Waals surface area (Å²) in [5.74, 6) is 2.73. The molecule has 1 saturated heterocycles. The smallest absolute Gasteiger partial charge is 0.0900 e. The van der Waals surface area contributed by atoms with Gasteiger partial charge in [0.15, 0.2) is 0 Å². The lowest BCUT2D eigenvalue weighted by Crippen LogP contribution is -2.53. The molecule has 0 spiro atoms. The molecule has 5 heteroatoms. The summed E-state index contributed by atoms with van der Waals surface area (Å²) >= 11 is 0. The van der Waals surface area contributed by atoms with Gasteiger partial charge in [0.25, 0.3) is 0 Å². The highest BCUT2D eigenvalue weighted by atomic mass is 35.5. The predicted octanol–water partition coefficient (Wildman–Crippen LogP) is 2.09. The molecule has 4 aliphatic carbocycles. The van der Waals surface area contributed by atoms with E-state index in [0.29, 0.717) is 6.61 Å². The van der Waals surface area contributed by atoms with Gasteiger partial charge in [-0.3, -0.25) is 4.90 Å². The molecule has 4 saturated carbocycles. The van der Waals surface area contributed by atoms with E-state index in [4.69, 9.17) is 9.47 Å². The molecule has 0 aromatic carbocycles. The van der Waals surface area contributed by atoms with Crippen molar-refractivity contribution < 1.29 is 14.6 Å². The van der Waals surface area contributed by atoms with E-state index in [2.05, 4.69) is 4.90 Å². The van der Waals surface area contributed by atoms with E-state index < -0.39 is 0 Å². The summed E-state index contributed by atoms with van der Waals surface area (Å²) in [4.78, 5) is 2.29. The zero-order valence-corrected chi connectivity index (χ0v) is 14.2. The molecule has 5 aliphatic rings. The Morgan fingerprint density at radius 1 is 1.05 bits per heavy atom. The average molecular weight is 332 g/mol. The zero-order chi connectivity index (χ0) is 14.3. The summed E-state index contributed by atoms with van der Waals surface area (Å²) in [5, 5.41) is 10.3. The lowest BCUT2D eigenvalue weighted by molar-refractivity contribution is -0.176. The SMILES string of the molecule is Cl.OC(COC12CC3CC(CC(C3)C1)C2)CN1CCOCC1. The highest BCUT2D eigenvalue weighted by Gasteiger charge is 2.51. The maximum absolute atomic E-state index is 10.3. The van der Waals surface area contributed by atoms with E-state index >= 15 is 0 Å². The summed E-state index contributed by atoms with van der Waals surface area (Å²) < 4.78 is 11.7. The monoisotopic (exact) mass is 331 g/mol. The Bertz CT molecular complexity index is 338. The summed E-state index contributed by atoms with van der Waals surface area (Å²) in [6.45, 7) is 4.72. The Labute approximate surface area is 139 Å². The van der Waals surface area contributed by atoms with Crippen LogP contribution < -0.4 is 0 Å². The second-order valence-corrected chi connectivity index (χ2v) is 7.98. The Kier molecular flexibility index (Phi) is 5.35. The first kappa shape index (κ1) is 17.0.